The molecule has 0 aliphatic heterocycles. The van der Waals surface area contributed by atoms with Gasteiger partial charge in [0.05, 0.1) is 0 Å². The van der Waals surface area contributed by atoms with Crippen LogP contribution in [-0.2, 0) is 0 Å². The van der Waals surface area contributed by atoms with Crippen LogP contribution in [0.1, 0.15) is 8.35 Å². The second-order valence-electron chi connectivity index (χ2n) is 1.47. The third-order valence-electron chi connectivity index (χ3n) is 0.667. The summed E-state index contributed by atoms with van der Waals surface area (Å²) in [5, 5.41) is 7.57. The monoisotopic (exact) mass is 132 g/mol. The van der Waals surface area contributed by atoms with E-state index < -0.39 is 0 Å². The third-order valence-corrected chi connectivity index (χ3v) is 0.667. The molecule has 1 nitrogen and oxygen atoms in total. The SMILES string of the molecule is CCO.[H-].[Li+].c1ccccc1. The van der Waals surface area contributed by atoms with Crippen LogP contribution in [0.25, 0.3) is 0 Å². The molecule has 0 atom stereocenters. The quantitative estimate of drug-likeness (QED) is 0.440. The zero-order valence-electron chi connectivity index (χ0n) is 7.62. The Morgan fingerprint density at radius 2 is 1.10 bits per heavy atom. The molecule has 0 aliphatic rings. The van der Waals surface area contributed by atoms with Crippen LogP contribution in [0.2, 0.25) is 0 Å². The van der Waals surface area contributed by atoms with Gasteiger partial charge in [0, 0.05) is 6.61 Å². The molecule has 1 aromatic carbocycles. The first kappa shape index (κ1) is 12.5. The first-order valence-corrected chi connectivity index (χ1v) is 3.02. The fraction of sp³-hybridized carbons (Fsp3) is 0.250. The van der Waals surface area contributed by atoms with E-state index in [0.29, 0.717) is 0 Å². The molecule has 2 heteroatoms. The Morgan fingerprint density at radius 3 is 1.20 bits per heavy atom. The van der Waals surface area contributed by atoms with Crippen LogP contribution in [0.3, 0.4) is 0 Å². The number of hydrogen-bond acceptors (Lipinski definition) is 1. The van der Waals surface area contributed by atoms with E-state index >= 15 is 0 Å². The number of aliphatic hydroxyl groups excluding tert-OH is 1. The molecule has 10 heavy (non-hydrogen) atoms. The first-order chi connectivity index (χ1) is 4.41. The van der Waals surface area contributed by atoms with Gasteiger partial charge in [-0.3, -0.25) is 0 Å². The largest absolute Gasteiger partial charge is 1.00 e. The van der Waals surface area contributed by atoms with E-state index in [2.05, 4.69) is 0 Å². The van der Waals surface area contributed by atoms with Gasteiger partial charge in [-0.05, 0) is 6.92 Å². The maximum absolute atomic E-state index is 7.57. The predicted molar refractivity (Wildman–Crippen MR) is 40.3 cm³/mol. The topological polar surface area (TPSA) is 20.2 Å². The molecule has 0 aromatic heterocycles. The van der Waals surface area contributed by atoms with Crippen LogP contribution in [-0.4, -0.2) is 11.7 Å². The molecule has 0 saturated carbocycles. The van der Waals surface area contributed by atoms with E-state index in [9.17, 15) is 0 Å². The Morgan fingerprint density at radius 1 is 1.00 bits per heavy atom. The molecule has 52 valence electrons. The minimum absolute atomic E-state index is 0. The minimum atomic E-state index is 0. The number of hydrogen-bond donors (Lipinski definition) is 1. The zero-order valence-corrected chi connectivity index (χ0v) is 6.62. The van der Waals surface area contributed by atoms with Crippen molar-refractivity contribution in [1.82, 2.24) is 0 Å². The number of aliphatic hydroxyl groups is 1. The molecule has 0 aliphatic carbocycles. The third kappa shape index (κ3) is 10.7. The fourth-order valence-electron chi connectivity index (χ4n) is 0.385. The van der Waals surface area contributed by atoms with Crippen LogP contribution < -0.4 is 18.9 Å². The minimum Gasteiger partial charge on any atom is -1.00 e. The first-order valence-electron chi connectivity index (χ1n) is 3.02. The Hall–Kier alpha value is -0.223. The molecule has 0 saturated heterocycles. The zero-order chi connectivity index (χ0) is 6.95. The van der Waals surface area contributed by atoms with Gasteiger partial charge in [0.2, 0.25) is 0 Å². The van der Waals surface area contributed by atoms with Crippen molar-refractivity contribution in [1.29, 1.82) is 0 Å². The summed E-state index contributed by atoms with van der Waals surface area (Å²) in [6.45, 7) is 1.93. The van der Waals surface area contributed by atoms with Gasteiger partial charge in [-0.25, -0.2) is 0 Å². The molecule has 1 rings (SSSR count). The van der Waals surface area contributed by atoms with Crippen LogP contribution in [0.4, 0.5) is 0 Å². The van der Waals surface area contributed by atoms with Gasteiger partial charge in [-0.2, -0.15) is 0 Å². The molecule has 0 bridgehead atoms. The Kier molecular flexibility index (Phi) is 14.4. The van der Waals surface area contributed by atoms with Gasteiger partial charge in [0.25, 0.3) is 0 Å². The van der Waals surface area contributed by atoms with E-state index in [1.165, 1.54) is 0 Å². The van der Waals surface area contributed by atoms with Crippen LogP contribution in [0.5, 0.6) is 0 Å². The van der Waals surface area contributed by atoms with Crippen molar-refractivity contribution in [2.24, 2.45) is 0 Å². The van der Waals surface area contributed by atoms with Gasteiger partial charge < -0.3 is 6.53 Å². The molecule has 0 spiro atoms. The summed E-state index contributed by atoms with van der Waals surface area (Å²) >= 11 is 0. The molecule has 1 N–H and O–H groups in total. The summed E-state index contributed by atoms with van der Waals surface area (Å²) in [7, 11) is 0. The van der Waals surface area contributed by atoms with Gasteiger partial charge >= 0.3 is 18.9 Å². The Bertz CT molecular complexity index is 96.9. The Balaban J connectivity index is -0.000000116. The average molecular weight is 132 g/mol. The van der Waals surface area contributed by atoms with Gasteiger partial charge in [0.1, 0.15) is 0 Å². The van der Waals surface area contributed by atoms with Crippen molar-refractivity contribution < 1.29 is 25.4 Å². The fourth-order valence-corrected chi connectivity index (χ4v) is 0.385. The van der Waals surface area contributed by atoms with E-state index in [0.717, 1.165) is 0 Å². The van der Waals surface area contributed by atoms with Gasteiger partial charge in [-0.1, -0.05) is 36.4 Å². The smallest absolute Gasteiger partial charge is 1.00 e. The van der Waals surface area contributed by atoms with Crippen molar-refractivity contribution in [2.45, 2.75) is 6.92 Å². The molecular weight excluding hydrogens is 119 g/mol. The molecule has 0 amide bonds. The summed E-state index contributed by atoms with van der Waals surface area (Å²) in [5.74, 6) is 0. The normalized spacial score (nSPS) is 6.60. The summed E-state index contributed by atoms with van der Waals surface area (Å²) in [6, 6.07) is 12.0. The Labute approximate surface area is 75.7 Å². The van der Waals surface area contributed by atoms with Crippen LogP contribution in [0.15, 0.2) is 36.4 Å². The summed E-state index contributed by atoms with van der Waals surface area (Å²) < 4.78 is 0. The second kappa shape index (κ2) is 11.6. The summed E-state index contributed by atoms with van der Waals surface area (Å²) in [6.07, 6.45) is 0. The predicted octanol–water partition coefficient (Wildman–Crippen LogP) is -1.20. The number of benzene rings is 1. The maximum Gasteiger partial charge on any atom is 1.00 e. The van der Waals surface area contributed by atoms with Gasteiger partial charge in [-0.15, -0.1) is 0 Å². The van der Waals surface area contributed by atoms with Crippen molar-refractivity contribution in [3.05, 3.63) is 36.4 Å². The van der Waals surface area contributed by atoms with E-state index in [1.807, 2.05) is 36.4 Å². The molecule has 0 fully saturated rings. The standard InChI is InChI=1S/C6H6.C2H6O.Li.H/c1-2-4-6-5-3-1;1-2-3;;/h1-6H;3H,2H2,1H3;;/q;;+1;-1. The molecule has 0 heterocycles. The van der Waals surface area contributed by atoms with Crippen LogP contribution in [0, 0.1) is 0 Å². The maximum atomic E-state index is 7.57. The average Bonchev–Trinajstić information content (AvgIpc) is 1.93. The van der Waals surface area contributed by atoms with Crippen LogP contribution >= 0.6 is 0 Å². The van der Waals surface area contributed by atoms with E-state index in [1.54, 1.807) is 6.92 Å². The molecular formula is C8H13LiO. The van der Waals surface area contributed by atoms with Crippen molar-refractivity contribution in [3.63, 3.8) is 0 Å². The van der Waals surface area contributed by atoms with Gasteiger partial charge in [0.15, 0.2) is 0 Å². The molecule has 0 unspecified atom stereocenters. The van der Waals surface area contributed by atoms with Crippen molar-refractivity contribution >= 4 is 0 Å². The molecule has 1 aromatic rings. The summed E-state index contributed by atoms with van der Waals surface area (Å²) in [5.41, 5.74) is 0. The second-order valence-corrected chi connectivity index (χ2v) is 1.47. The van der Waals surface area contributed by atoms with Crippen molar-refractivity contribution in [3.8, 4) is 0 Å². The van der Waals surface area contributed by atoms with E-state index in [-0.39, 0.29) is 26.9 Å². The molecule has 0 radical (unpaired) electrons. The summed E-state index contributed by atoms with van der Waals surface area (Å²) in [4.78, 5) is 0. The van der Waals surface area contributed by atoms with Crippen molar-refractivity contribution in [2.75, 3.05) is 6.61 Å². The van der Waals surface area contributed by atoms with E-state index in [4.69, 9.17) is 5.11 Å². The number of rotatable bonds is 0.